The van der Waals surface area contributed by atoms with Crippen LogP contribution in [0.3, 0.4) is 0 Å². The van der Waals surface area contributed by atoms with E-state index < -0.39 is 23.8 Å². The number of amides is 2. The molecular formula is C18H18N2O7. The summed E-state index contributed by atoms with van der Waals surface area (Å²) in [6.45, 7) is 2.94. The standard InChI is InChI=1S/C16H16N2O3.C2H2O4/c19-15-13-7-1-2-8-14(13)16(20)18(15)21-12-6-5-11-17-9-3-4-10-17;3-1(4)2(5)6/h1-2,7-8H,3-4,9-12H2;(H,3,4)(H,5,6). The molecule has 0 spiro atoms. The lowest BCUT2D eigenvalue weighted by Crippen LogP contribution is -2.30. The highest BCUT2D eigenvalue weighted by Gasteiger charge is 2.36. The summed E-state index contributed by atoms with van der Waals surface area (Å²) in [5.74, 6) is 1.36. The minimum Gasteiger partial charge on any atom is -0.473 e. The molecule has 1 fully saturated rings. The van der Waals surface area contributed by atoms with Crippen molar-refractivity contribution in [2.45, 2.75) is 12.8 Å². The van der Waals surface area contributed by atoms with Gasteiger partial charge in [0.1, 0.15) is 6.61 Å². The van der Waals surface area contributed by atoms with Gasteiger partial charge in [0.2, 0.25) is 0 Å². The van der Waals surface area contributed by atoms with Gasteiger partial charge >= 0.3 is 11.9 Å². The van der Waals surface area contributed by atoms with E-state index in [-0.39, 0.29) is 6.61 Å². The molecule has 142 valence electrons. The van der Waals surface area contributed by atoms with E-state index in [1.807, 2.05) is 0 Å². The van der Waals surface area contributed by atoms with Crippen LogP contribution in [0.1, 0.15) is 33.6 Å². The van der Waals surface area contributed by atoms with Gasteiger partial charge in [-0.3, -0.25) is 14.5 Å². The van der Waals surface area contributed by atoms with Crippen LogP contribution in [0.4, 0.5) is 0 Å². The molecule has 9 nitrogen and oxygen atoms in total. The zero-order chi connectivity index (χ0) is 19.8. The quantitative estimate of drug-likeness (QED) is 0.444. The van der Waals surface area contributed by atoms with Gasteiger partial charge in [-0.25, -0.2) is 14.4 Å². The Hall–Kier alpha value is -3.22. The first kappa shape index (κ1) is 20.1. The van der Waals surface area contributed by atoms with E-state index in [0.717, 1.165) is 18.2 Å². The molecule has 0 aromatic heterocycles. The highest BCUT2D eigenvalue weighted by molar-refractivity contribution is 6.27. The number of likely N-dealkylation sites (tertiary alicyclic amines) is 1. The van der Waals surface area contributed by atoms with Gasteiger partial charge in [-0.15, -0.1) is 5.06 Å². The molecule has 2 amide bonds. The number of fused-ring (bicyclic) bond motifs is 1. The maximum Gasteiger partial charge on any atom is 0.414 e. The van der Waals surface area contributed by atoms with Crippen LogP contribution in [0.15, 0.2) is 24.3 Å². The Bertz CT molecular complexity index is 756. The topological polar surface area (TPSA) is 124 Å². The summed E-state index contributed by atoms with van der Waals surface area (Å²) in [5.41, 5.74) is 0.764. The van der Waals surface area contributed by atoms with E-state index in [4.69, 9.17) is 24.6 Å². The largest absolute Gasteiger partial charge is 0.473 e. The lowest BCUT2D eigenvalue weighted by atomic mass is 10.1. The minimum absolute atomic E-state index is 0.0410. The Morgan fingerprint density at radius 3 is 1.96 bits per heavy atom. The second-order valence-electron chi connectivity index (χ2n) is 5.67. The second-order valence-corrected chi connectivity index (χ2v) is 5.67. The maximum atomic E-state index is 12.0. The summed E-state index contributed by atoms with van der Waals surface area (Å²) in [5, 5.41) is 15.6. The van der Waals surface area contributed by atoms with E-state index >= 15 is 0 Å². The van der Waals surface area contributed by atoms with Gasteiger partial charge in [0, 0.05) is 0 Å². The fourth-order valence-corrected chi connectivity index (χ4v) is 2.54. The van der Waals surface area contributed by atoms with Crippen molar-refractivity contribution in [3.63, 3.8) is 0 Å². The molecule has 1 aromatic carbocycles. The number of carbonyl (C=O) groups excluding carboxylic acids is 2. The molecule has 1 saturated heterocycles. The van der Waals surface area contributed by atoms with E-state index in [0.29, 0.717) is 17.7 Å². The minimum atomic E-state index is -1.82. The van der Waals surface area contributed by atoms with Gasteiger partial charge in [0.25, 0.3) is 11.8 Å². The molecular weight excluding hydrogens is 356 g/mol. The van der Waals surface area contributed by atoms with Crippen molar-refractivity contribution in [2.75, 3.05) is 26.2 Å². The van der Waals surface area contributed by atoms with E-state index in [2.05, 4.69) is 16.7 Å². The summed E-state index contributed by atoms with van der Waals surface area (Å²) in [7, 11) is 0. The average molecular weight is 374 g/mol. The number of benzene rings is 1. The third-order valence-corrected chi connectivity index (χ3v) is 3.83. The van der Waals surface area contributed by atoms with Gasteiger partial charge in [-0.1, -0.05) is 24.0 Å². The summed E-state index contributed by atoms with van der Waals surface area (Å²) in [4.78, 5) is 49.7. The normalized spacial score (nSPS) is 15.5. The molecule has 27 heavy (non-hydrogen) atoms. The smallest absolute Gasteiger partial charge is 0.414 e. The number of hydrogen-bond acceptors (Lipinski definition) is 6. The molecule has 0 radical (unpaired) electrons. The number of aliphatic carboxylic acids is 2. The molecule has 1 aromatic rings. The Morgan fingerprint density at radius 1 is 0.963 bits per heavy atom. The van der Waals surface area contributed by atoms with E-state index in [1.165, 1.54) is 12.8 Å². The first-order valence-electron chi connectivity index (χ1n) is 8.17. The number of carboxylic acids is 2. The van der Waals surface area contributed by atoms with Crippen LogP contribution in [0.2, 0.25) is 0 Å². The molecule has 0 saturated carbocycles. The van der Waals surface area contributed by atoms with Crippen LogP contribution in [-0.2, 0) is 14.4 Å². The van der Waals surface area contributed by atoms with Crippen LogP contribution >= 0.6 is 0 Å². The number of hydrogen-bond donors (Lipinski definition) is 2. The Morgan fingerprint density at radius 2 is 1.48 bits per heavy atom. The highest BCUT2D eigenvalue weighted by Crippen LogP contribution is 2.22. The third kappa shape index (κ3) is 5.37. The van der Waals surface area contributed by atoms with Crippen LogP contribution in [-0.4, -0.2) is 70.2 Å². The predicted octanol–water partition coefficient (Wildman–Crippen LogP) is 0.469. The van der Waals surface area contributed by atoms with Crippen LogP contribution in [0.25, 0.3) is 0 Å². The number of carbonyl (C=O) groups is 4. The van der Waals surface area contributed by atoms with Crippen LogP contribution in [0, 0.1) is 11.8 Å². The fourth-order valence-electron chi connectivity index (χ4n) is 2.54. The third-order valence-electron chi connectivity index (χ3n) is 3.83. The molecule has 0 aliphatic carbocycles. The van der Waals surface area contributed by atoms with Crippen LogP contribution in [0.5, 0.6) is 0 Å². The number of nitrogens with zero attached hydrogens (tertiary/aromatic N) is 2. The number of rotatable bonds is 3. The zero-order valence-electron chi connectivity index (χ0n) is 14.4. The van der Waals surface area contributed by atoms with Gasteiger partial charge in [-0.05, 0) is 38.1 Å². The first-order chi connectivity index (χ1) is 12.9. The molecule has 3 rings (SSSR count). The van der Waals surface area contributed by atoms with Gasteiger partial charge in [-0.2, -0.15) is 0 Å². The monoisotopic (exact) mass is 374 g/mol. The summed E-state index contributed by atoms with van der Waals surface area (Å²) in [6, 6.07) is 6.70. The van der Waals surface area contributed by atoms with Crippen molar-refractivity contribution in [3.8, 4) is 11.8 Å². The SMILES string of the molecule is O=C(O)C(=O)O.O=C1c2ccccc2C(=O)N1OCC#CCN1CCCC1. The van der Waals surface area contributed by atoms with Gasteiger partial charge in [0.15, 0.2) is 0 Å². The fraction of sp³-hybridized carbons (Fsp3) is 0.333. The van der Waals surface area contributed by atoms with Crippen molar-refractivity contribution in [2.24, 2.45) is 0 Å². The molecule has 2 aliphatic rings. The molecule has 0 atom stereocenters. The molecule has 2 aliphatic heterocycles. The Kier molecular flexibility index (Phi) is 7.05. The maximum absolute atomic E-state index is 12.0. The highest BCUT2D eigenvalue weighted by atomic mass is 16.7. The van der Waals surface area contributed by atoms with Crippen molar-refractivity contribution >= 4 is 23.8 Å². The summed E-state index contributed by atoms with van der Waals surface area (Å²) in [6.07, 6.45) is 2.46. The average Bonchev–Trinajstić information content (AvgIpc) is 3.25. The van der Waals surface area contributed by atoms with E-state index in [9.17, 15) is 9.59 Å². The number of carboxylic acid groups (broad SMARTS) is 2. The molecule has 2 N–H and O–H groups in total. The summed E-state index contributed by atoms with van der Waals surface area (Å²) >= 11 is 0. The van der Waals surface area contributed by atoms with Crippen molar-refractivity contribution in [1.82, 2.24) is 9.96 Å². The lowest BCUT2D eigenvalue weighted by Gasteiger charge is -2.11. The van der Waals surface area contributed by atoms with Gasteiger partial charge < -0.3 is 10.2 Å². The Balaban J connectivity index is 0.000000380. The van der Waals surface area contributed by atoms with Crippen molar-refractivity contribution in [1.29, 1.82) is 0 Å². The van der Waals surface area contributed by atoms with Crippen molar-refractivity contribution in [3.05, 3.63) is 35.4 Å². The lowest BCUT2D eigenvalue weighted by molar-refractivity contribution is -0.159. The number of imide groups is 1. The van der Waals surface area contributed by atoms with Gasteiger partial charge in [0.05, 0.1) is 17.7 Å². The predicted molar refractivity (Wildman–Crippen MR) is 91.6 cm³/mol. The van der Waals surface area contributed by atoms with E-state index in [1.54, 1.807) is 24.3 Å². The molecule has 9 heteroatoms. The van der Waals surface area contributed by atoms with Crippen LogP contribution < -0.4 is 0 Å². The molecule has 0 unspecified atom stereocenters. The first-order valence-corrected chi connectivity index (χ1v) is 8.17. The second kappa shape index (κ2) is 9.47. The van der Waals surface area contributed by atoms with Crippen molar-refractivity contribution < 1.29 is 34.2 Å². The summed E-state index contributed by atoms with van der Waals surface area (Å²) < 4.78 is 0. The molecule has 0 bridgehead atoms. The Labute approximate surface area is 155 Å². The zero-order valence-corrected chi connectivity index (χ0v) is 14.4. The number of hydroxylamine groups is 2. The molecule has 2 heterocycles.